The molecule has 0 aromatic heterocycles. The largest absolute Gasteiger partial charge is 0.494 e. The molecule has 6 nitrogen and oxygen atoms in total. The maximum absolute atomic E-state index is 12.9. The van der Waals surface area contributed by atoms with E-state index in [9.17, 15) is 10.1 Å². The van der Waals surface area contributed by atoms with Crippen LogP contribution in [0.3, 0.4) is 0 Å². The van der Waals surface area contributed by atoms with Gasteiger partial charge in [-0.25, -0.2) is 0 Å². The smallest absolute Gasteiger partial charge is 0.263 e. The van der Waals surface area contributed by atoms with Gasteiger partial charge in [0, 0.05) is 43.6 Å². The lowest BCUT2D eigenvalue weighted by Crippen LogP contribution is -2.44. The zero-order valence-corrected chi connectivity index (χ0v) is 21.5. The van der Waals surface area contributed by atoms with Crippen molar-refractivity contribution in [1.82, 2.24) is 10.2 Å². The van der Waals surface area contributed by atoms with E-state index in [2.05, 4.69) is 53.2 Å². The van der Waals surface area contributed by atoms with Gasteiger partial charge in [0.2, 0.25) is 0 Å². The number of carbonyl (C=O) groups excluding carboxylic acids is 1. The minimum Gasteiger partial charge on any atom is -0.494 e. The molecule has 182 valence electrons. The third-order valence-electron chi connectivity index (χ3n) is 6.19. The fourth-order valence-electron chi connectivity index (χ4n) is 4.14. The third kappa shape index (κ3) is 6.45. The second kappa shape index (κ2) is 12.3. The zero-order chi connectivity index (χ0) is 24.0. The first-order chi connectivity index (χ1) is 15.8. The van der Waals surface area contributed by atoms with E-state index in [0.29, 0.717) is 6.61 Å². The number of aryl methyl sites for hydroxylation is 2. The highest BCUT2D eigenvalue weighted by Gasteiger charge is 2.21. The minimum atomic E-state index is -0.370. The fourth-order valence-corrected chi connectivity index (χ4v) is 4.14. The van der Waals surface area contributed by atoms with Crippen LogP contribution in [0.5, 0.6) is 5.75 Å². The number of carbonyl (C=O) groups is 1. The number of piperazine rings is 1. The highest BCUT2D eigenvalue weighted by atomic mass is 35.5. The van der Waals surface area contributed by atoms with E-state index in [1.165, 1.54) is 16.8 Å². The number of hydrogen-bond acceptors (Lipinski definition) is 5. The lowest BCUT2D eigenvalue weighted by Gasteiger charge is -2.36. The van der Waals surface area contributed by atoms with Gasteiger partial charge in [0.15, 0.2) is 0 Å². The summed E-state index contributed by atoms with van der Waals surface area (Å²) in [7, 11) is 0. The molecule has 0 spiro atoms. The zero-order valence-electron chi connectivity index (χ0n) is 20.7. The second-order valence-electron chi connectivity index (χ2n) is 8.57. The normalized spacial score (nSPS) is 14.6. The van der Waals surface area contributed by atoms with Crippen LogP contribution in [0.15, 0.2) is 48.2 Å². The Morgan fingerprint density at radius 3 is 2.53 bits per heavy atom. The highest BCUT2D eigenvalue weighted by Crippen LogP contribution is 2.27. The average molecular weight is 483 g/mol. The van der Waals surface area contributed by atoms with Gasteiger partial charge in [-0.15, -0.1) is 12.4 Å². The first-order valence-corrected chi connectivity index (χ1v) is 11.5. The van der Waals surface area contributed by atoms with E-state index >= 15 is 0 Å². The number of nitrogens with zero attached hydrogens (tertiary/aromatic N) is 3. The second-order valence-corrected chi connectivity index (χ2v) is 8.57. The Labute approximate surface area is 209 Å². The van der Waals surface area contributed by atoms with E-state index in [0.717, 1.165) is 43.1 Å². The van der Waals surface area contributed by atoms with E-state index in [1.807, 2.05) is 39.0 Å². The predicted molar refractivity (Wildman–Crippen MR) is 140 cm³/mol. The molecule has 1 aliphatic rings. The van der Waals surface area contributed by atoms with Crippen LogP contribution < -0.4 is 15.0 Å². The molecular formula is C27H35ClN4O2. The SMILES string of the molecule is CCOc1ccc(C)cc1C(C)NC(=O)/C(C#N)=C\N1CCN(c2cccc(C)c2C)CC1.Cl. The standard InChI is InChI=1S/C27H34N4O2.ClH/c1-6-33-26-11-10-19(2)16-24(26)22(5)29-27(32)23(17-28)18-30-12-14-31(15-13-30)25-9-7-8-20(3)21(25)4;/h7-11,16,18,22H,6,12-15H2,1-5H3,(H,29,32);1H/b23-18-;. The van der Waals surface area contributed by atoms with Crippen LogP contribution >= 0.6 is 12.4 Å². The summed E-state index contributed by atoms with van der Waals surface area (Å²) in [5, 5.41) is 12.6. The van der Waals surface area contributed by atoms with Gasteiger partial charge >= 0.3 is 0 Å². The van der Waals surface area contributed by atoms with Crippen molar-refractivity contribution in [2.45, 2.75) is 40.7 Å². The van der Waals surface area contributed by atoms with Crippen molar-refractivity contribution in [2.24, 2.45) is 0 Å². The van der Waals surface area contributed by atoms with Gasteiger partial charge in [0.25, 0.3) is 5.91 Å². The molecule has 1 heterocycles. The summed E-state index contributed by atoms with van der Waals surface area (Å²) in [5.41, 5.74) is 5.96. The predicted octanol–water partition coefficient (Wildman–Crippen LogP) is 4.84. The monoisotopic (exact) mass is 482 g/mol. The number of halogens is 1. The summed E-state index contributed by atoms with van der Waals surface area (Å²) in [6.45, 7) is 13.9. The van der Waals surface area contributed by atoms with Gasteiger partial charge in [-0.2, -0.15) is 5.26 Å². The quantitative estimate of drug-likeness (QED) is 0.451. The highest BCUT2D eigenvalue weighted by molar-refractivity contribution is 5.97. The molecule has 0 saturated carbocycles. The summed E-state index contributed by atoms with van der Waals surface area (Å²) in [6, 6.07) is 14.1. The number of anilines is 1. The van der Waals surface area contributed by atoms with Crippen LogP contribution in [0.2, 0.25) is 0 Å². The number of benzene rings is 2. The summed E-state index contributed by atoms with van der Waals surface area (Å²) in [6.07, 6.45) is 1.70. The molecule has 1 fully saturated rings. The van der Waals surface area contributed by atoms with Gasteiger partial charge in [-0.3, -0.25) is 4.79 Å². The van der Waals surface area contributed by atoms with Crippen LogP contribution in [-0.4, -0.2) is 43.6 Å². The Balaban J connectivity index is 0.00000408. The number of ether oxygens (including phenoxy) is 1. The topological polar surface area (TPSA) is 68.6 Å². The van der Waals surface area contributed by atoms with Crippen molar-refractivity contribution in [3.63, 3.8) is 0 Å². The molecule has 1 atom stereocenters. The molecule has 1 unspecified atom stereocenters. The lowest BCUT2D eigenvalue weighted by atomic mass is 10.0. The molecule has 0 bridgehead atoms. The maximum Gasteiger partial charge on any atom is 0.263 e. The van der Waals surface area contributed by atoms with Crippen LogP contribution in [0, 0.1) is 32.1 Å². The van der Waals surface area contributed by atoms with Gasteiger partial charge in [0.1, 0.15) is 17.4 Å². The first kappa shape index (κ1) is 27.1. The molecule has 1 saturated heterocycles. The summed E-state index contributed by atoms with van der Waals surface area (Å²) >= 11 is 0. The number of amides is 1. The van der Waals surface area contributed by atoms with Gasteiger partial charge < -0.3 is 19.9 Å². The van der Waals surface area contributed by atoms with Crippen molar-refractivity contribution in [3.8, 4) is 11.8 Å². The van der Waals surface area contributed by atoms with Gasteiger partial charge in [0.05, 0.1) is 12.6 Å². The third-order valence-corrected chi connectivity index (χ3v) is 6.19. The van der Waals surface area contributed by atoms with Crippen LogP contribution in [0.25, 0.3) is 0 Å². The van der Waals surface area contributed by atoms with Crippen LogP contribution in [-0.2, 0) is 4.79 Å². The maximum atomic E-state index is 12.9. The Kier molecular flexibility index (Phi) is 9.83. The van der Waals surface area contributed by atoms with Crippen LogP contribution in [0.4, 0.5) is 5.69 Å². The summed E-state index contributed by atoms with van der Waals surface area (Å²) in [5.74, 6) is 0.381. The number of nitrogens with one attached hydrogen (secondary N) is 1. The molecule has 7 heteroatoms. The molecule has 2 aromatic rings. The van der Waals surface area contributed by atoms with E-state index in [1.54, 1.807) is 6.20 Å². The molecule has 1 N–H and O–H groups in total. The molecule has 2 aromatic carbocycles. The molecule has 3 rings (SSSR count). The number of nitriles is 1. The summed E-state index contributed by atoms with van der Waals surface area (Å²) < 4.78 is 5.72. The Hall–Kier alpha value is -3.17. The molecular weight excluding hydrogens is 448 g/mol. The molecule has 1 amide bonds. The van der Waals surface area contributed by atoms with Crippen molar-refractivity contribution >= 4 is 24.0 Å². The Morgan fingerprint density at radius 2 is 1.88 bits per heavy atom. The van der Waals surface area contributed by atoms with Crippen molar-refractivity contribution in [2.75, 3.05) is 37.7 Å². The molecule has 1 aliphatic heterocycles. The fraction of sp³-hybridized carbons (Fsp3) is 0.407. The Morgan fingerprint density at radius 1 is 1.18 bits per heavy atom. The number of hydrogen-bond donors (Lipinski definition) is 1. The first-order valence-electron chi connectivity index (χ1n) is 11.5. The van der Waals surface area contributed by atoms with E-state index in [-0.39, 0.29) is 29.9 Å². The van der Waals surface area contributed by atoms with E-state index in [4.69, 9.17) is 4.74 Å². The van der Waals surface area contributed by atoms with Crippen molar-refractivity contribution in [3.05, 3.63) is 70.4 Å². The lowest BCUT2D eigenvalue weighted by molar-refractivity contribution is -0.117. The summed E-state index contributed by atoms with van der Waals surface area (Å²) in [4.78, 5) is 17.3. The molecule has 0 radical (unpaired) electrons. The van der Waals surface area contributed by atoms with Gasteiger partial charge in [-0.05, 0) is 57.9 Å². The Bertz CT molecular complexity index is 1070. The van der Waals surface area contributed by atoms with Crippen LogP contribution in [0.1, 0.15) is 42.1 Å². The average Bonchev–Trinajstić information content (AvgIpc) is 2.81. The van der Waals surface area contributed by atoms with Crippen molar-refractivity contribution in [1.29, 1.82) is 5.26 Å². The van der Waals surface area contributed by atoms with Crippen molar-refractivity contribution < 1.29 is 9.53 Å². The molecule has 34 heavy (non-hydrogen) atoms. The minimum absolute atomic E-state index is 0. The number of rotatable bonds is 7. The van der Waals surface area contributed by atoms with E-state index < -0.39 is 0 Å². The van der Waals surface area contributed by atoms with Gasteiger partial charge in [-0.1, -0.05) is 29.8 Å². The molecule has 0 aliphatic carbocycles.